The lowest BCUT2D eigenvalue weighted by Gasteiger charge is -2.35. The molecule has 0 unspecified atom stereocenters. The van der Waals surface area contributed by atoms with E-state index in [0.29, 0.717) is 12.0 Å². The van der Waals surface area contributed by atoms with Crippen LogP contribution in [0.3, 0.4) is 0 Å². The van der Waals surface area contributed by atoms with Gasteiger partial charge in [0.05, 0.1) is 15.9 Å². The van der Waals surface area contributed by atoms with Crippen molar-refractivity contribution < 1.29 is 0 Å². The summed E-state index contributed by atoms with van der Waals surface area (Å²) >= 11 is 3.15. The van der Waals surface area contributed by atoms with E-state index in [0.717, 1.165) is 32.8 Å². The number of fused-ring (bicyclic) bond motifs is 1. The van der Waals surface area contributed by atoms with Crippen LogP contribution in [0.25, 0.3) is 10.2 Å². The standard InChI is InChI=1S/C20H26N6S2/c1-13-12-17(28-25-13)23-20-22-16-8-11-27-18(16)19(24-20)21-14-4-6-15(7-5-14)26-9-2-3-10-26/h8,11-12,14-15H,2-7,9-10H2,1H3,(H2,21,22,23,24). The monoisotopic (exact) mass is 414 g/mol. The van der Waals surface area contributed by atoms with Crippen LogP contribution in [0.5, 0.6) is 0 Å². The molecule has 2 N–H and O–H groups in total. The van der Waals surface area contributed by atoms with Crippen LogP contribution in [-0.4, -0.2) is 44.4 Å². The predicted molar refractivity (Wildman–Crippen MR) is 118 cm³/mol. The van der Waals surface area contributed by atoms with Crippen LogP contribution in [0.1, 0.15) is 44.2 Å². The third-order valence-corrected chi connectivity index (χ3v) is 7.57. The van der Waals surface area contributed by atoms with Gasteiger partial charge >= 0.3 is 0 Å². The van der Waals surface area contributed by atoms with Gasteiger partial charge in [-0.3, -0.25) is 0 Å². The first kappa shape index (κ1) is 18.3. The van der Waals surface area contributed by atoms with Crippen LogP contribution >= 0.6 is 22.9 Å². The highest BCUT2D eigenvalue weighted by Crippen LogP contribution is 2.32. The maximum absolute atomic E-state index is 4.81. The molecule has 1 aliphatic carbocycles. The number of hydrogen-bond donors (Lipinski definition) is 2. The highest BCUT2D eigenvalue weighted by Gasteiger charge is 2.28. The number of anilines is 3. The Morgan fingerprint density at radius 1 is 1.11 bits per heavy atom. The number of aryl methyl sites for hydroxylation is 1. The molecule has 0 amide bonds. The quantitative estimate of drug-likeness (QED) is 0.611. The third kappa shape index (κ3) is 3.86. The maximum Gasteiger partial charge on any atom is 0.230 e. The van der Waals surface area contributed by atoms with Gasteiger partial charge < -0.3 is 15.5 Å². The summed E-state index contributed by atoms with van der Waals surface area (Å²) in [6.07, 6.45) is 7.78. The van der Waals surface area contributed by atoms with Crippen molar-refractivity contribution in [2.24, 2.45) is 0 Å². The first-order valence-electron chi connectivity index (χ1n) is 10.2. The van der Waals surface area contributed by atoms with Crippen LogP contribution in [0, 0.1) is 6.92 Å². The first-order chi connectivity index (χ1) is 13.7. The van der Waals surface area contributed by atoms with Crippen LogP contribution < -0.4 is 10.6 Å². The lowest BCUT2D eigenvalue weighted by molar-refractivity contribution is 0.186. The molecule has 5 rings (SSSR count). The smallest absolute Gasteiger partial charge is 0.230 e. The van der Waals surface area contributed by atoms with Gasteiger partial charge in [0.25, 0.3) is 0 Å². The summed E-state index contributed by atoms with van der Waals surface area (Å²) in [5.74, 6) is 1.61. The first-order valence-corrected chi connectivity index (χ1v) is 11.9. The number of nitrogens with one attached hydrogen (secondary N) is 2. The minimum Gasteiger partial charge on any atom is -0.366 e. The van der Waals surface area contributed by atoms with E-state index >= 15 is 0 Å². The van der Waals surface area contributed by atoms with Crippen molar-refractivity contribution in [3.05, 3.63) is 23.2 Å². The SMILES string of the molecule is Cc1cc(Nc2nc(NC3CCC(N4CCCC4)CC3)c3sccc3n2)sn1. The Morgan fingerprint density at radius 3 is 2.68 bits per heavy atom. The molecule has 0 bridgehead atoms. The second-order valence-corrected chi connectivity index (χ2v) is 9.60. The van der Waals surface area contributed by atoms with Crippen molar-refractivity contribution in [3.63, 3.8) is 0 Å². The topological polar surface area (TPSA) is 66.0 Å². The predicted octanol–water partition coefficient (Wildman–Crippen LogP) is 5.02. The molecule has 2 aliphatic rings. The van der Waals surface area contributed by atoms with Crippen LogP contribution in [0.2, 0.25) is 0 Å². The molecule has 28 heavy (non-hydrogen) atoms. The van der Waals surface area contributed by atoms with E-state index in [-0.39, 0.29) is 0 Å². The third-order valence-electron chi connectivity index (χ3n) is 5.86. The van der Waals surface area contributed by atoms with Crippen LogP contribution in [-0.2, 0) is 0 Å². The average Bonchev–Trinajstić information content (AvgIpc) is 3.44. The Morgan fingerprint density at radius 2 is 1.93 bits per heavy atom. The minimum absolute atomic E-state index is 0.498. The van der Waals surface area contributed by atoms with Crippen molar-refractivity contribution in [1.82, 2.24) is 19.2 Å². The lowest BCUT2D eigenvalue weighted by atomic mass is 9.90. The zero-order valence-electron chi connectivity index (χ0n) is 16.1. The van der Waals surface area contributed by atoms with Crippen molar-refractivity contribution in [2.45, 2.75) is 57.5 Å². The van der Waals surface area contributed by atoms with E-state index < -0.39 is 0 Å². The molecule has 0 aromatic carbocycles. The molecule has 8 heteroatoms. The van der Waals surface area contributed by atoms with E-state index in [9.17, 15) is 0 Å². The van der Waals surface area contributed by atoms with Gasteiger partial charge in [0.15, 0.2) is 0 Å². The number of likely N-dealkylation sites (tertiary alicyclic amines) is 1. The molecular formula is C20H26N6S2. The van der Waals surface area contributed by atoms with Crippen molar-refractivity contribution in [1.29, 1.82) is 0 Å². The molecule has 3 aromatic rings. The summed E-state index contributed by atoms with van der Waals surface area (Å²) in [5.41, 5.74) is 2.01. The largest absolute Gasteiger partial charge is 0.366 e. The summed E-state index contributed by atoms with van der Waals surface area (Å²) in [6.45, 7) is 4.60. The molecule has 1 saturated heterocycles. The fourth-order valence-electron chi connectivity index (χ4n) is 4.44. The minimum atomic E-state index is 0.498. The normalized spacial score (nSPS) is 23.3. The van der Waals surface area contributed by atoms with Gasteiger partial charge in [0, 0.05) is 12.1 Å². The summed E-state index contributed by atoms with van der Waals surface area (Å²) in [7, 11) is 0. The maximum atomic E-state index is 4.81. The van der Waals surface area contributed by atoms with E-state index in [4.69, 9.17) is 4.98 Å². The fourth-order valence-corrected chi connectivity index (χ4v) is 5.87. The number of rotatable bonds is 5. The molecule has 4 heterocycles. The Hall–Kier alpha value is -1.77. The Labute approximate surface area is 173 Å². The van der Waals surface area contributed by atoms with Crippen molar-refractivity contribution in [3.8, 4) is 0 Å². The molecule has 0 atom stereocenters. The highest BCUT2D eigenvalue weighted by atomic mass is 32.1. The summed E-state index contributed by atoms with van der Waals surface area (Å²) in [5, 5.41) is 10.1. The Bertz CT molecular complexity index is 937. The lowest BCUT2D eigenvalue weighted by Crippen LogP contribution is -2.39. The zero-order chi connectivity index (χ0) is 18.9. The molecule has 1 saturated carbocycles. The average molecular weight is 415 g/mol. The second-order valence-electron chi connectivity index (χ2n) is 7.88. The van der Waals surface area contributed by atoms with Gasteiger partial charge in [-0.2, -0.15) is 9.36 Å². The molecule has 148 valence electrons. The van der Waals surface area contributed by atoms with Crippen molar-refractivity contribution in [2.75, 3.05) is 23.7 Å². The molecular weight excluding hydrogens is 388 g/mol. The van der Waals surface area contributed by atoms with Gasteiger partial charge in [0.1, 0.15) is 10.8 Å². The summed E-state index contributed by atoms with van der Waals surface area (Å²) < 4.78 is 5.47. The molecule has 6 nitrogen and oxygen atoms in total. The molecule has 3 aromatic heterocycles. The second kappa shape index (κ2) is 7.93. The van der Waals surface area contributed by atoms with Gasteiger partial charge in [-0.05, 0) is 87.6 Å². The zero-order valence-corrected chi connectivity index (χ0v) is 17.8. The Balaban J connectivity index is 1.30. The number of nitrogens with zero attached hydrogens (tertiary/aromatic N) is 4. The summed E-state index contributed by atoms with van der Waals surface area (Å²) in [6, 6.07) is 5.38. The molecule has 0 radical (unpaired) electrons. The summed E-state index contributed by atoms with van der Waals surface area (Å²) in [4.78, 5) is 12.2. The molecule has 1 aliphatic heterocycles. The van der Waals surface area contributed by atoms with E-state index in [1.807, 2.05) is 13.0 Å². The van der Waals surface area contributed by atoms with Crippen LogP contribution in [0.4, 0.5) is 16.8 Å². The van der Waals surface area contributed by atoms with Gasteiger partial charge in [-0.15, -0.1) is 11.3 Å². The molecule has 0 spiro atoms. The Kier molecular flexibility index (Phi) is 5.17. The number of aromatic nitrogens is 3. The van der Waals surface area contributed by atoms with Gasteiger partial charge in [-0.1, -0.05) is 0 Å². The van der Waals surface area contributed by atoms with E-state index in [1.165, 1.54) is 63.1 Å². The fraction of sp³-hybridized carbons (Fsp3) is 0.550. The van der Waals surface area contributed by atoms with E-state index in [2.05, 4.69) is 36.3 Å². The van der Waals surface area contributed by atoms with Gasteiger partial charge in [0.2, 0.25) is 5.95 Å². The number of thiophene rings is 1. The highest BCUT2D eigenvalue weighted by molar-refractivity contribution is 7.17. The van der Waals surface area contributed by atoms with Gasteiger partial charge in [-0.25, -0.2) is 4.98 Å². The van der Waals surface area contributed by atoms with Crippen LogP contribution in [0.15, 0.2) is 17.5 Å². The van der Waals surface area contributed by atoms with Crippen molar-refractivity contribution >= 4 is 49.9 Å². The molecule has 2 fully saturated rings. The van der Waals surface area contributed by atoms with E-state index in [1.54, 1.807) is 11.3 Å². The number of hydrogen-bond acceptors (Lipinski definition) is 8.